The number of hydrogen-bond acceptors (Lipinski definition) is 2. The number of amides is 1. The molecule has 1 unspecified atom stereocenters. The predicted octanol–water partition coefficient (Wildman–Crippen LogP) is 3.06. The number of aryl methyl sites for hydroxylation is 2. The fourth-order valence-corrected chi connectivity index (χ4v) is 3.76. The van der Waals surface area contributed by atoms with Crippen LogP contribution in [-0.2, 0) is 13.5 Å². The number of benzene rings is 1. The van der Waals surface area contributed by atoms with Gasteiger partial charge in [0.05, 0.1) is 11.6 Å². The Kier molecular flexibility index (Phi) is 3.92. The van der Waals surface area contributed by atoms with Crippen LogP contribution in [0, 0.1) is 0 Å². The zero-order chi connectivity index (χ0) is 17.4. The van der Waals surface area contributed by atoms with E-state index in [-0.39, 0.29) is 17.5 Å². The smallest absolute Gasteiger partial charge is 0.274 e. The van der Waals surface area contributed by atoms with Crippen LogP contribution >= 0.6 is 0 Å². The van der Waals surface area contributed by atoms with Crippen LogP contribution in [0.2, 0.25) is 0 Å². The lowest BCUT2D eigenvalue weighted by atomic mass is 9.98. The van der Waals surface area contributed by atoms with Gasteiger partial charge in [0, 0.05) is 24.8 Å². The first-order valence-electron chi connectivity index (χ1n) is 8.70. The summed E-state index contributed by atoms with van der Waals surface area (Å²) in [5, 5.41) is 3.86. The molecule has 0 saturated heterocycles. The zero-order valence-corrected chi connectivity index (χ0v) is 14.2. The van der Waals surface area contributed by atoms with Crippen molar-refractivity contribution in [2.75, 3.05) is 0 Å². The van der Waals surface area contributed by atoms with Crippen molar-refractivity contribution in [3.63, 3.8) is 0 Å². The molecule has 2 N–H and O–H groups in total. The molecule has 0 radical (unpaired) electrons. The van der Waals surface area contributed by atoms with Gasteiger partial charge in [-0.25, -0.2) is 0 Å². The van der Waals surface area contributed by atoms with Gasteiger partial charge in [0.25, 0.3) is 11.5 Å². The number of rotatable bonds is 2. The van der Waals surface area contributed by atoms with Crippen molar-refractivity contribution >= 4 is 16.8 Å². The molecule has 1 atom stereocenters. The van der Waals surface area contributed by atoms with Crippen LogP contribution in [0.5, 0.6) is 0 Å². The normalized spacial score (nSPS) is 17.1. The summed E-state index contributed by atoms with van der Waals surface area (Å²) in [5.74, 6) is -0.137. The average molecular weight is 335 g/mol. The van der Waals surface area contributed by atoms with E-state index >= 15 is 0 Å². The third kappa shape index (κ3) is 2.76. The van der Waals surface area contributed by atoms with Gasteiger partial charge in [0.2, 0.25) is 0 Å². The summed E-state index contributed by atoms with van der Waals surface area (Å²) in [6.07, 6.45) is 7.55. The molecule has 4 rings (SSSR count). The predicted molar refractivity (Wildman–Crippen MR) is 97.7 cm³/mol. The molecule has 2 aromatic heterocycles. The van der Waals surface area contributed by atoms with Crippen LogP contribution in [0.4, 0.5) is 0 Å². The van der Waals surface area contributed by atoms with Crippen LogP contribution in [0.3, 0.4) is 0 Å². The highest BCUT2D eigenvalue weighted by Crippen LogP contribution is 2.29. The lowest BCUT2D eigenvalue weighted by molar-refractivity contribution is 0.0935. The van der Waals surface area contributed by atoms with E-state index in [0.29, 0.717) is 16.5 Å². The van der Waals surface area contributed by atoms with E-state index in [1.54, 1.807) is 25.5 Å². The first-order valence-corrected chi connectivity index (χ1v) is 8.70. The minimum Gasteiger partial charge on any atom is -0.357 e. The SMILES string of the molecule is Cn1cc(C(=O)NC2CCCCc3ccccc32)c2cc[nH]c2c1=O. The number of aromatic nitrogens is 2. The molecule has 0 fully saturated rings. The molecule has 0 bridgehead atoms. The van der Waals surface area contributed by atoms with Gasteiger partial charge < -0.3 is 14.9 Å². The number of hydrogen-bond donors (Lipinski definition) is 2. The van der Waals surface area contributed by atoms with Crippen molar-refractivity contribution in [3.8, 4) is 0 Å². The molecular formula is C20H21N3O2. The molecule has 25 heavy (non-hydrogen) atoms. The van der Waals surface area contributed by atoms with Gasteiger partial charge >= 0.3 is 0 Å². The molecule has 128 valence electrons. The highest BCUT2D eigenvalue weighted by molar-refractivity contribution is 6.06. The van der Waals surface area contributed by atoms with Crippen molar-refractivity contribution < 1.29 is 4.79 Å². The Morgan fingerprint density at radius 3 is 2.96 bits per heavy atom. The van der Waals surface area contributed by atoms with E-state index in [1.807, 2.05) is 6.07 Å². The second kappa shape index (κ2) is 6.24. The molecule has 1 aromatic carbocycles. The third-order valence-electron chi connectivity index (χ3n) is 5.06. The van der Waals surface area contributed by atoms with E-state index in [4.69, 9.17) is 0 Å². The summed E-state index contributed by atoms with van der Waals surface area (Å²) in [6, 6.07) is 10.1. The molecule has 0 saturated carbocycles. The summed E-state index contributed by atoms with van der Waals surface area (Å²) in [5.41, 5.74) is 3.40. The van der Waals surface area contributed by atoms with Crippen molar-refractivity contribution in [1.82, 2.24) is 14.9 Å². The summed E-state index contributed by atoms with van der Waals surface area (Å²) in [7, 11) is 1.67. The van der Waals surface area contributed by atoms with Crippen LogP contribution in [-0.4, -0.2) is 15.5 Å². The summed E-state index contributed by atoms with van der Waals surface area (Å²) in [6.45, 7) is 0. The van der Waals surface area contributed by atoms with Crippen molar-refractivity contribution in [3.05, 3.63) is 69.8 Å². The highest BCUT2D eigenvalue weighted by atomic mass is 16.2. The number of nitrogens with one attached hydrogen (secondary N) is 2. The van der Waals surface area contributed by atoms with Crippen molar-refractivity contribution in [2.45, 2.75) is 31.7 Å². The first-order chi connectivity index (χ1) is 12.1. The van der Waals surface area contributed by atoms with Crippen molar-refractivity contribution in [1.29, 1.82) is 0 Å². The number of H-pyrrole nitrogens is 1. The van der Waals surface area contributed by atoms with E-state index in [2.05, 4.69) is 28.5 Å². The Bertz CT molecular complexity index is 1000. The van der Waals surface area contributed by atoms with Gasteiger partial charge in [-0.2, -0.15) is 0 Å². The average Bonchev–Trinajstić information content (AvgIpc) is 3.02. The molecular weight excluding hydrogens is 314 g/mol. The van der Waals surface area contributed by atoms with Crippen LogP contribution in [0.1, 0.15) is 46.8 Å². The number of fused-ring (bicyclic) bond motifs is 2. The monoisotopic (exact) mass is 335 g/mol. The molecule has 1 aliphatic carbocycles. The minimum atomic E-state index is -0.137. The number of pyridine rings is 1. The Morgan fingerprint density at radius 2 is 2.08 bits per heavy atom. The summed E-state index contributed by atoms with van der Waals surface area (Å²) in [4.78, 5) is 28.1. The van der Waals surface area contributed by atoms with Gasteiger partial charge in [0.15, 0.2) is 0 Å². The molecule has 1 amide bonds. The van der Waals surface area contributed by atoms with Crippen molar-refractivity contribution in [2.24, 2.45) is 7.05 Å². The minimum absolute atomic E-state index is 0.0115. The zero-order valence-electron chi connectivity index (χ0n) is 14.2. The second-order valence-electron chi connectivity index (χ2n) is 6.70. The largest absolute Gasteiger partial charge is 0.357 e. The Hall–Kier alpha value is -2.82. The van der Waals surface area contributed by atoms with Gasteiger partial charge in [-0.15, -0.1) is 0 Å². The van der Waals surface area contributed by atoms with Crippen LogP contribution in [0.15, 0.2) is 47.5 Å². The van der Waals surface area contributed by atoms with Gasteiger partial charge in [0.1, 0.15) is 5.52 Å². The Morgan fingerprint density at radius 1 is 1.24 bits per heavy atom. The maximum absolute atomic E-state index is 13.0. The Balaban J connectivity index is 1.71. The molecule has 1 aliphatic rings. The molecule has 3 aromatic rings. The molecule has 5 heteroatoms. The fraction of sp³-hybridized carbons (Fsp3) is 0.300. The quantitative estimate of drug-likeness (QED) is 0.707. The Labute approximate surface area is 145 Å². The highest BCUT2D eigenvalue weighted by Gasteiger charge is 2.22. The van der Waals surface area contributed by atoms with E-state index < -0.39 is 0 Å². The van der Waals surface area contributed by atoms with E-state index in [1.165, 1.54) is 15.7 Å². The molecule has 0 spiro atoms. The van der Waals surface area contributed by atoms with E-state index in [0.717, 1.165) is 25.7 Å². The fourth-order valence-electron chi connectivity index (χ4n) is 3.76. The maximum Gasteiger partial charge on any atom is 0.274 e. The number of aromatic amines is 1. The second-order valence-corrected chi connectivity index (χ2v) is 6.70. The van der Waals surface area contributed by atoms with Crippen LogP contribution in [0.25, 0.3) is 10.9 Å². The summed E-state index contributed by atoms with van der Waals surface area (Å²) < 4.78 is 1.45. The number of carbonyl (C=O) groups is 1. The first kappa shape index (κ1) is 15.7. The number of carbonyl (C=O) groups excluding carboxylic acids is 1. The van der Waals surface area contributed by atoms with Gasteiger partial charge in [-0.1, -0.05) is 30.7 Å². The molecule has 5 nitrogen and oxygen atoms in total. The van der Waals surface area contributed by atoms with Crippen LogP contribution < -0.4 is 10.9 Å². The number of nitrogens with zero attached hydrogens (tertiary/aromatic N) is 1. The lowest BCUT2D eigenvalue weighted by Crippen LogP contribution is -2.30. The third-order valence-corrected chi connectivity index (χ3v) is 5.06. The summed E-state index contributed by atoms with van der Waals surface area (Å²) >= 11 is 0. The lowest BCUT2D eigenvalue weighted by Gasteiger charge is -2.20. The maximum atomic E-state index is 13.0. The van der Waals surface area contributed by atoms with Gasteiger partial charge in [-0.05, 0) is 36.5 Å². The molecule has 0 aliphatic heterocycles. The molecule has 2 heterocycles. The van der Waals surface area contributed by atoms with Gasteiger partial charge in [-0.3, -0.25) is 9.59 Å². The van der Waals surface area contributed by atoms with E-state index in [9.17, 15) is 9.59 Å². The standard InChI is InChI=1S/C20H21N3O2/c1-23-12-16(15-10-11-21-18(15)20(23)25)19(24)22-17-9-5-3-7-13-6-2-4-8-14(13)17/h2,4,6,8,10-12,17,21H,3,5,7,9H2,1H3,(H,22,24). The topological polar surface area (TPSA) is 66.9 Å².